The second-order valence-corrected chi connectivity index (χ2v) is 5.24. The van der Waals surface area contributed by atoms with E-state index in [0.717, 1.165) is 0 Å². The minimum Gasteiger partial charge on any atom is -0.508 e. The SMILES string of the molecule is CC(C)CCOC(=O)NO[C@H](Cc1ccc(O)cc1)C(=O)O. The summed E-state index contributed by atoms with van der Waals surface area (Å²) in [5.74, 6) is -0.728. The van der Waals surface area contributed by atoms with Crippen LogP contribution in [0.15, 0.2) is 24.3 Å². The molecule has 0 spiro atoms. The highest BCUT2D eigenvalue weighted by Crippen LogP contribution is 2.12. The van der Waals surface area contributed by atoms with E-state index in [-0.39, 0.29) is 18.8 Å². The van der Waals surface area contributed by atoms with Gasteiger partial charge in [0.25, 0.3) is 0 Å². The molecule has 122 valence electrons. The molecule has 0 heterocycles. The number of rotatable bonds is 8. The van der Waals surface area contributed by atoms with E-state index in [2.05, 4.69) is 0 Å². The number of hydrogen-bond acceptors (Lipinski definition) is 5. The van der Waals surface area contributed by atoms with Crippen molar-refractivity contribution in [1.82, 2.24) is 5.48 Å². The van der Waals surface area contributed by atoms with E-state index in [1.54, 1.807) is 12.1 Å². The van der Waals surface area contributed by atoms with Gasteiger partial charge >= 0.3 is 12.1 Å². The van der Waals surface area contributed by atoms with Crippen LogP contribution in [0.4, 0.5) is 4.79 Å². The van der Waals surface area contributed by atoms with Crippen molar-refractivity contribution in [2.24, 2.45) is 5.92 Å². The van der Waals surface area contributed by atoms with Crippen LogP contribution in [0.3, 0.4) is 0 Å². The minimum atomic E-state index is -1.25. The molecule has 1 atom stereocenters. The summed E-state index contributed by atoms with van der Waals surface area (Å²) < 4.78 is 4.85. The fourth-order valence-corrected chi connectivity index (χ4v) is 1.56. The Kier molecular flexibility index (Phi) is 7.18. The Balaban J connectivity index is 2.42. The molecule has 0 saturated heterocycles. The molecule has 0 radical (unpaired) electrons. The average molecular weight is 311 g/mol. The number of carbonyl (C=O) groups excluding carboxylic acids is 1. The Morgan fingerprint density at radius 1 is 1.23 bits per heavy atom. The van der Waals surface area contributed by atoms with Gasteiger partial charge in [-0.1, -0.05) is 26.0 Å². The molecule has 1 aromatic carbocycles. The van der Waals surface area contributed by atoms with Crippen molar-refractivity contribution in [3.05, 3.63) is 29.8 Å². The van der Waals surface area contributed by atoms with Gasteiger partial charge in [-0.15, -0.1) is 0 Å². The van der Waals surface area contributed by atoms with Crippen LogP contribution in [0, 0.1) is 5.92 Å². The van der Waals surface area contributed by atoms with Gasteiger partial charge in [0.2, 0.25) is 0 Å². The number of phenolic OH excluding ortho intramolecular Hbond substituents is 1. The Morgan fingerprint density at radius 3 is 2.41 bits per heavy atom. The monoisotopic (exact) mass is 311 g/mol. The van der Waals surface area contributed by atoms with Crippen LogP contribution < -0.4 is 5.48 Å². The summed E-state index contributed by atoms with van der Waals surface area (Å²) in [4.78, 5) is 27.4. The lowest BCUT2D eigenvalue weighted by Crippen LogP contribution is -2.36. The summed E-state index contributed by atoms with van der Waals surface area (Å²) in [6, 6.07) is 6.05. The fourth-order valence-electron chi connectivity index (χ4n) is 1.56. The first-order valence-corrected chi connectivity index (χ1v) is 6.97. The van der Waals surface area contributed by atoms with E-state index in [9.17, 15) is 14.7 Å². The van der Waals surface area contributed by atoms with Crippen molar-refractivity contribution in [2.75, 3.05) is 6.61 Å². The van der Waals surface area contributed by atoms with Crippen LogP contribution in [0.5, 0.6) is 5.75 Å². The third-order valence-electron chi connectivity index (χ3n) is 2.85. The van der Waals surface area contributed by atoms with Gasteiger partial charge in [-0.25, -0.2) is 9.59 Å². The number of aromatic hydroxyl groups is 1. The second-order valence-electron chi connectivity index (χ2n) is 5.24. The first-order valence-electron chi connectivity index (χ1n) is 6.97. The number of hydroxylamine groups is 1. The molecule has 22 heavy (non-hydrogen) atoms. The van der Waals surface area contributed by atoms with Crippen molar-refractivity contribution < 1.29 is 29.4 Å². The number of aliphatic carboxylic acids is 1. The molecule has 1 amide bonds. The summed E-state index contributed by atoms with van der Waals surface area (Å²) in [5, 5.41) is 18.3. The lowest BCUT2D eigenvalue weighted by molar-refractivity contribution is -0.154. The Morgan fingerprint density at radius 2 is 1.86 bits per heavy atom. The number of carbonyl (C=O) groups is 2. The molecule has 1 rings (SSSR count). The number of carboxylic acids is 1. The lowest BCUT2D eigenvalue weighted by Gasteiger charge is -2.14. The van der Waals surface area contributed by atoms with E-state index in [1.165, 1.54) is 12.1 Å². The molecule has 1 aromatic rings. The van der Waals surface area contributed by atoms with Crippen molar-refractivity contribution in [1.29, 1.82) is 0 Å². The van der Waals surface area contributed by atoms with Crippen LogP contribution in [-0.2, 0) is 20.8 Å². The number of benzene rings is 1. The highest BCUT2D eigenvalue weighted by molar-refractivity contribution is 5.73. The first kappa shape index (κ1) is 17.8. The summed E-state index contributed by atoms with van der Waals surface area (Å²) >= 11 is 0. The third-order valence-corrected chi connectivity index (χ3v) is 2.85. The zero-order valence-corrected chi connectivity index (χ0v) is 12.6. The number of hydrogen-bond donors (Lipinski definition) is 3. The molecule has 0 saturated carbocycles. The molecule has 7 nitrogen and oxygen atoms in total. The standard InChI is InChI=1S/C15H21NO6/c1-10(2)7-8-21-15(20)16-22-13(14(18)19)9-11-3-5-12(17)6-4-11/h3-6,10,13,17H,7-9H2,1-2H3,(H,16,20)(H,18,19)/t13-/m1/s1. The molecule has 0 unspecified atom stereocenters. The van der Waals surface area contributed by atoms with Crippen LogP contribution in [0.1, 0.15) is 25.8 Å². The van der Waals surface area contributed by atoms with Gasteiger partial charge in [0.15, 0.2) is 6.10 Å². The third kappa shape index (κ3) is 6.94. The van der Waals surface area contributed by atoms with Crippen molar-refractivity contribution in [2.45, 2.75) is 32.8 Å². The molecular formula is C15H21NO6. The molecule has 0 aromatic heterocycles. The Hall–Kier alpha value is -2.28. The minimum absolute atomic E-state index is 0.0435. The van der Waals surface area contributed by atoms with Crippen molar-refractivity contribution in [3.63, 3.8) is 0 Å². The molecule has 0 aliphatic carbocycles. The number of ether oxygens (including phenoxy) is 1. The van der Waals surface area contributed by atoms with E-state index in [0.29, 0.717) is 17.9 Å². The topological polar surface area (TPSA) is 105 Å². The maximum absolute atomic E-state index is 11.4. The van der Waals surface area contributed by atoms with Gasteiger partial charge in [-0.05, 0) is 30.0 Å². The molecule has 0 fully saturated rings. The van der Waals surface area contributed by atoms with Gasteiger partial charge in [0.05, 0.1) is 6.61 Å². The highest BCUT2D eigenvalue weighted by Gasteiger charge is 2.21. The second kappa shape index (κ2) is 8.89. The van der Waals surface area contributed by atoms with Crippen LogP contribution in [0.2, 0.25) is 0 Å². The summed E-state index contributed by atoms with van der Waals surface area (Å²) in [5.41, 5.74) is 2.63. The highest BCUT2D eigenvalue weighted by atomic mass is 16.7. The van der Waals surface area contributed by atoms with Gasteiger partial charge < -0.3 is 14.9 Å². The van der Waals surface area contributed by atoms with E-state index in [4.69, 9.17) is 14.7 Å². The van der Waals surface area contributed by atoms with Gasteiger partial charge in [-0.2, -0.15) is 5.48 Å². The van der Waals surface area contributed by atoms with Gasteiger partial charge in [-0.3, -0.25) is 4.84 Å². The Labute approximate surface area is 128 Å². The number of amides is 1. The molecular weight excluding hydrogens is 290 g/mol. The number of carboxylic acid groups (broad SMARTS) is 1. The van der Waals surface area contributed by atoms with Crippen molar-refractivity contribution >= 4 is 12.1 Å². The van der Waals surface area contributed by atoms with E-state index < -0.39 is 18.2 Å². The summed E-state index contributed by atoms with van der Waals surface area (Å²) in [6.45, 7) is 4.23. The predicted octanol–water partition coefficient (Wildman–Crippen LogP) is 2.09. The predicted molar refractivity (Wildman–Crippen MR) is 78.3 cm³/mol. The normalized spacial score (nSPS) is 12.0. The lowest BCUT2D eigenvalue weighted by atomic mass is 10.1. The largest absolute Gasteiger partial charge is 0.508 e. The smallest absolute Gasteiger partial charge is 0.431 e. The molecule has 0 aliphatic rings. The number of nitrogens with one attached hydrogen (secondary N) is 1. The number of phenols is 1. The van der Waals surface area contributed by atoms with Crippen molar-refractivity contribution in [3.8, 4) is 5.75 Å². The van der Waals surface area contributed by atoms with E-state index in [1.807, 2.05) is 19.3 Å². The maximum Gasteiger partial charge on any atom is 0.431 e. The van der Waals surface area contributed by atoms with Gasteiger partial charge in [0.1, 0.15) is 5.75 Å². The molecule has 0 bridgehead atoms. The van der Waals surface area contributed by atoms with Gasteiger partial charge in [0, 0.05) is 6.42 Å². The first-order chi connectivity index (χ1) is 10.4. The Bertz CT molecular complexity index is 485. The summed E-state index contributed by atoms with van der Waals surface area (Å²) in [7, 11) is 0. The quantitative estimate of drug-likeness (QED) is 0.635. The average Bonchev–Trinajstić information content (AvgIpc) is 2.44. The fraction of sp³-hybridized carbons (Fsp3) is 0.467. The zero-order chi connectivity index (χ0) is 16.5. The van der Waals surface area contributed by atoms with Crippen LogP contribution >= 0.6 is 0 Å². The molecule has 0 aliphatic heterocycles. The molecule has 7 heteroatoms. The molecule has 3 N–H and O–H groups in total. The van der Waals surface area contributed by atoms with Crippen LogP contribution in [-0.4, -0.2) is 35.0 Å². The maximum atomic E-state index is 11.4. The van der Waals surface area contributed by atoms with E-state index >= 15 is 0 Å². The van der Waals surface area contributed by atoms with Crippen LogP contribution in [0.25, 0.3) is 0 Å². The zero-order valence-electron chi connectivity index (χ0n) is 12.6. The summed E-state index contributed by atoms with van der Waals surface area (Å²) in [6.07, 6.45) is -1.31.